The number of hydrogen-bond donors (Lipinski definition) is 1. The summed E-state index contributed by atoms with van der Waals surface area (Å²) in [6.45, 7) is 0. The van der Waals surface area contributed by atoms with Crippen LogP contribution in [-0.4, -0.2) is 17.3 Å². The average Bonchev–Trinajstić information content (AvgIpc) is 2.66. The molecule has 2 aromatic heterocycles. The van der Waals surface area contributed by atoms with Crippen molar-refractivity contribution in [2.45, 2.75) is 0 Å². The zero-order valence-electron chi connectivity index (χ0n) is 12.9. The lowest BCUT2D eigenvalue weighted by Gasteiger charge is -2.06. The number of ether oxygens (including phenoxy) is 1. The van der Waals surface area contributed by atoms with Gasteiger partial charge in [-0.2, -0.15) is 0 Å². The van der Waals surface area contributed by atoms with E-state index in [4.69, 9.17) is 9.15 Å². The fourth-order valence-electron chi connectivity index (χ4n) is 2.70. The molecule has 0 spiro atoms. The molecule has 0 saturated heterocycles. The third kappa shape index (κ3) is 2.36. The van der Waals surface area contributed by atoms with E-state index in [0.29, 0.717) is 33.5 Å². The van der Waals surface area contributed by atoms with Crippen LogP contribution < -0.4 is 10.1 Å². The van der Waals surface area contributed by atoms with Crippen LogP contribution in [0.25, 0.3) is 33.2 Å². The van der Waals surface area contributed by atoms with Crippen molar-refractivity contribution >= 4 is 21.7 Å². The summed E-state index contributed by atoms with van der Waals surface area (Å²) in [7, 11) is 1.59. The number of methoxy groups -OCH3 is 1. The number of fused-ring (bicyclic) bond motifs is 2. The van der Waals surface area contributed by atoms with Gasteiger partial charge in [0.05, 0.1) is 7.11 Å². The molecule has 0 bridgehead atoms. The van der Waals surface area contributed by atoms with Gasteiger partial charge in [0, 0.05) is 29.1 Å². The number of pyridine rings is 1. The lowest BCUT2D eigenvalue weighted by molar-refractivity contribution is 0.302. The Morgan fingerprint density at radius 2 is 1.88 bits per heavy atom. The molecule has 5 nitrogen and oxygen atoms in total. The highest BCUT2D eigenvalue weighted by atomic mass is 16.5. The van der Waals surface area contributed by atoms with Crippen molar-refractivity contribution in [3.63, 3.8) is 0 Å². The highest BCUT2D eigenvalue weighted by Gasteiger charge is 2.09. The maximum Gasteiger partial charge on any atom is 0.155 e. The standard InChI is InChI=1S/C19H14N2O3/c1-23-14-6-7-15-16(21-22)10-19(24-18(15)9-14)17-8-12-4-2-3-5-13(12)11-20-17/h2-11,22H,1H3/b21-16-. The van der Waals surface area contributed by atoms with Crippen LogP contribution in [-0.2, 0) is 0 Å². The topological polar surface area (TPSA) is 67.8 Å². The van der Waals surface area contributed by atoms with Gasteiger partial charge in [-0.25, -0.2) is 0 Å². The Balaban J connectivity index is 1.97. The van der Waals surface area contributed by atoms with Crippen LogP contribution in [0.3, 0.4) is 0 Å². The van der Waals surface area contributed by atoms with Gasteiger partial charge in [-0.1, -0.05) is 29.4 Å². The summed E-state index contributed by atoms with van der Waals surface area (Å²) in [5.41, 5.74) is 1.23. The van der Waals surface area contributed by atoms with E-state index in [1.807, 2.05) is 30.3 Å². The second-order valence-corrected chi connectivity index (χ2v) is 5.37. The Hall–Kier alpha value is -3.34. The molecule has 2 aromatic carbocycles. The molecule has 0 atom stereocenters. The summed E-state index contributed by atoms with van der Waals surface area (Å²) in [6, 6.07) is 16.9. The first-order valence-electron chi connectivity index (χ1n) is 7.43. The summed E-state index contributed by atoms with van der Waals surface area (Å²) in [6.07, 6.45) is 1.80. The van der Waals surface area contributed by atoms with Gasteiger partial charge in [0.1, 0.15) is 22.4 Å². The molecule has 0 saturated carbocycles. The average molecular weight is 318 g/mol. The summed E-state index contributed by atoms with van der Waals surface area (Å²) >= 11 is 0. The summed E-state index contributed by atoms with van der Waals surface area (Å²) in [5, 5.41) is 15.9. The van der Waals surface area contributed by atoms with E-state index in [0.717, 1.165) is 10.8 Å². The molecule has 0 unspecified atom stereocenters. The number of nitrogens with zero attached hydrogens (tertiary/aromatic N) is 2. The molecule has 2 heterocycles. The molecule has 0 aliphatic carbocycles. The number of aromatic nitrogens is 1. The molecule has 0 radical (unpaired) electrons. The molecular formula is C19H14N2O3. The normalized spacial score (nSPS) is 12.0. The molecule has 4 rings (SSSR count). The molecule has 0 aliphatic rings. The lowest BCUT2D eigenvalue weighted by Crippen LogP contribution is -2.03. The molecule has 4 aromatic rings. The number of hydrogen-bond acceptors (Lipinski definition) is 5. The molecule has 1 N–H and O–H groups in total. The van der Waals surface area contributed by atoms with E-state index in [9.17, 15) is 5.21 Å². The van der Waals surface area contributed by atoms with E-state index in [1.165, 1.54) is 0 Å². The Morgan fingerprint density at radius 1 is 1.04 bits per heavy atom. The van der Waals surface area contributed by atoms with Crippen LogP contribution in [0.2, 0.25) is 0 Å². The van der Waals surface area contributed by atoms with Crippen molar-refractivity contribution in [2.24, 2.45) is 5.16 Å². The second-order valence-electron chi connectivity index (χ2n) is 5.37. The smallest absolute Gasteiger partial charge is 0.155 e. The van der Waals surface area contributed by atoms with Gasteiger partial charge >= 0.3 is 0 Å². The van der Waals surface area contributed by atoms with Crippen LogP contribution in [0.15, 0.2) is 70.4 Å². The van der Waals surface area contributed by atoms with Crippen LogP contribution in [0.1, 0.15) is 0 Å². The van der Waals surface area contributed by atoms with E-state index in [1.54, 1.807) is 37.6 Å². The molecule has 24 heavy (non-hydrogen) atoms. The van der Waals surface area contributed by atoms with Crippen molar-refractivity contribution in [2.75, 3.05) is 7.11 Å². The molecule has 118 valence electrons. The van der Waals surface area contributed by atoms with E-state index >= 15 is 0 Å². The zero-order chi connectivity index (χ0) is 16.5. The Kier molecular flexibility index (Phi) is 3.39. The minimum atomic E-state index is 0.420. The molecule has 0 amide bonds. The van der Waals surface area contributed by atoms with Gasteiger partial charge in [0.15, 0.2) is 5.76 Å². The predicted molar refractivity (Wildman–Crippen MR) is 90.9 cm³/mol. The number of rotatable bonds is 2. The second kappa shape index (κ2) is 5.70. The quantitative estimate of drug-likeness (QED) is 0.449. The van der Waals surface area contributed by atoms with Crippen molar-refractivity contribution in [1.29, 1.82) is 0 Å². The lowest BCUT2D eigenvalue weighted by atomic mass is 10.1. The molecule has 5 heteroatoms. The van der Waals surface area contributed by atoms with Crippen LogP contribution in [0.5, 0.6) is 5.75 Å². The third-order valence-corrected chi connectivity index (χ3v) is 3.94. The maximum absolute atomic E-state index is 9.34. The highest BCUT2D eigenvalue weighted by Crippen LogP contribution is 2.25. The number of benzene rings is 2. The van der Waals surface area contributed by atoms with E-state index in [-0.39, 0.29) is 0 Å². The monoisotopic (exact) mass is 318 g/mol. The SMILES string of the molecule is COc1ccc2/c(=N\O)cc(-c3cc4ccccc4cn3)oc2c1. The molecule has 0 fully saturated rings. The van der Waals surface area contributed by atoms with Crippen LogP contribution in [0, 0.1) is 0 Å². The summed E-state index contributed by atoms with van der Waals surface area (Å²) in [4.78, 5) is 4.45. The molecule has 0 aliphatic heterocycles. The Bertz CT molecular complexity index is 1120. The summed E-state index contributed by atoms with van der Waals surface area (Å²) < 4.78 is 11.2. The summed E-state index contributed by atoms with van der Waals surface area (Å²) in [5.74, 6) is 1.19. The van der Waals surface area contributed by atoms with Gasteiger partial charge in [-0.05, 0) is 23.6 Å². The first kappa shape index (κ1) is 14.3. The van der Waals surface area contributed by atoms with E-state index < -0.39 is 0 Å². The fourth-order valence-corrected chi connectivity index (χ4v) is 2.70. The first-order valence-corrected chi connectivity index (χ1v) is 7.43. The van der Waals surface area contributed by atoms with Gasteiger partial charge in [0.25, 0.3) is 0 Å². The third-order valence-electron chi connectivity index (χ3n) is 3.94. The van der Waals surface area contributed by atoms with Gasteiger partial charge < -0.3 is 14.4 Å². The van der Waals surface area contributed by atoms with Gasteiger partial charge in [0.2, 0.25) is 0 Å². The van der Waals surface area contributed by atoms with Gasteiger partial charge in [-0.15, -0.1) is 0 Å². The maximum atomic E-state index is 9.34. The van der Waals surface area contributed by atoms with Crippen LogP contribution in [0.4, 0.5) is 0 Å². The van der Waals surface area contributed by atoms with Crippen molar-refractivity contribution < 1.29 is 14.4 Å². The van der Waals surface area contributed by atoms with Crippen LogP contribution >= 0.6 is 0 Å². The minimum Gasteiger partial charge on any atom is -0.497 e. The van der Waals surface area contributed by atoms with Crippen molar-refractivity contribution in [1.82, 2.24) is 4.98 Å². The minimum absolute atomic E-state index is 0.420. The first-order chi connectivity index (χ1) is 11.8. The van der Waals surface area contributed by atoms with Crippen molar-refractivity contribution in [3.05, 3.63) is 66.2 Å². The highest BCUT2D eigenvalue weighted by molar-refractivity contribution is 5.85. The Morgan fingerprint density at radius 3 is 2.67 bits per heavy atom. The van der Waals surface area contributed by atoms with E-state index in [2.05, 4.69) is 10.1 Å². The van der Waals surface area contributed by atoms with Gasteiger partial charge in [-0.3, -0.25) is 4.98 Å². The zero-order valence-corrected chi connectivity index (χ0v) is 12.9. The van der Waals surface area contributed by atoms with Crippen molar-refractivity contribution in [3.8, 4) is 17.2 Å². The largest absolute Gasteiger partial charge is 0.497 e. The molecular weight excluding hydrogens is 304 g/mol. The predicted octanol–water partition coefficient (Wildman–Crippen LogP) is 3.95. The Labute approximate surface area is 137 Å². The fraction of sp³-hybridized carbons (Fsp3) is 0.0526.